The Morgan fingerprint density at radius 3 is 2.30 bits per heavy atom. The maximum atomic E-state index is 14.1. The summed E-state index contributed by atoms with van der Waals surface area (Å²) in [5.41, 5.74) is -4.51. The predicted octanol–water partition coefficient (Wildman–Crippen LogP) is 8.52. The number of nitrogens with zero attached hydrogens (tertiary/aromatic N) is 1. The van der Waals surface area contributed by atoms with Gasteiger partial charge in [0, 0.05) is 21.5 Å². The van der Waals surface area contributed by atoms with Crippen LogP contribution < -0.4 is 0 Å². The van der Waals surface area contributed by atoms with Crippen molar-refractivity contribution in [2.75, 3.05) is 0 Å². The third-order valence-corrected chi connectivity index (χ3v) is 6.17. The van der Waals surface area contributed by atoms with E-state index in [1.54, 1.807) is 18.2 Å². The fourth-order valence-corrected chi connectivity index (χ4v) is 4.33. The molecule has 172 valence electrons. The highest BCUT2D eigenvalue weighted by Crippen LogP contribution is 2.49. The first kappa shape index (κ1) is 23.6. The van der Waals surface area contributed by atoms with Crippen molar-refractivity contribution < 1.29 is 31.2 Å². The van der Waals surface area contributed by atoms with E-state index in [4.69, 9.17) is 16.4 Å². The van der Waals surface area contributed by atoms with Crippen molar-refractivity contribution in [1.82, 2.24) is 0 Å². The van der Waals surface area contributed by atoms with Crippen LogP contribution in [0, 0.1) is 0 Å². The average molecular weight is 549 g/mol. The number of alkyl halides is 6. The summed E-state index contributed by atoms with van der Waals surface area (Å²) in [4.78, 5) is 4.80. The van der Waals surface area contributed by atoms with Crippen LogP contribution in [0.25, 0.3) is 16.8 Å². The molecular weight excluding hydrogens is 536 g/mol. The highest BCUT2D eigenvalue weighted by Gasteiger charge is 2.62. The van der Waals surface area contributed by atoms with Crippen LogP contribution in [0.15, 0.2) is 70.3 Å². The highest BCUT2D eigenvalue weighted by atomic mass is 79.9. The molecule has 3 aromatic rings. The Bertz CT molecular complexity index is 1280. The second-order valence-corrected chi connectivity index (χ2v) is 8.71. The van der Waals surface area contributed by atoms with E-state index in [2.05, 4.69) is 21.1 Å². The van der Waals surface area contributed by atoms with Gasteiger partial charge in [-0.15, -0.1) is 0 Å². The summed E-state index contributed by atoms with van der Waals surface area (Å²) in [6.45, 7) is 0. The first-order chi connectivity index (χ1) is 15.4. The molecule has 1 aliphatic heterocycles. The Morgan fingerprint density at radius 2 is 1.64 bits per heavy atom. The van der Waals surface area contributed by atoms with Gasteiger partial charge in [0.25, 0.3) is 5.60 Å². The number of halogens is 8. The standard InChI is InChI=1S/C23H13BrClF6NO/c24-20-8-6-13(18-3-1-2-4-19(18)20)5-7-17-12-21(33-32-17,23(29,30)31)14-9-15(22(26,27)28)11-16(25)10-14/h1-11H,12H2/b7-5+. The van der Waals surface area contributed by atoms with Crippen molar-refractivity contribution in [2.45, 2.75) is 24.4 Å². The molecule has 1 aliphatic rings. The molecule has 0 N–H and O–H groups in total. The maximum Gasteiger partial charge on any atom is 0.435 e. The Kier molecular flexibility index (Phi) is 5.99. The van der Waals surface area contributed by atoms with Crippen LogP contribution in [0.3, 0.4) is 0 Å². The van der Waals surface area contributed by atoms with E-state index >= 15 is 0 Å². The Hall–Kier alpha value is -2.52. The zero-order chi connectivity index (χ0) is 24.0. The van der Waals surface area contributed by atoms with Crippen molar-refractivity contribution in [1.29, 1.82) is 0 Å². The first-order valence-corrected chi connectivity index (χ1v) is 10.6. The molecule has 0 saturated heterocycles. The molecule has 33 heavy (non-hydrogen) atoms. The molecule has 10 heteroatoms. The van der Waals surface area contributed by atoms with Crippen molar-refractivity contribution in [3.63, 3.8) is 0 Å². The monoisotopic (exact) mass is 547 g/mol. The van der Waals surface area contributed by atoms with Crippen LogP contribution in [-0.4, -0.2) is 11.9 Å². The fraction of sp³-hybridized carbons (Fsp3) is 0.174. The van der Waals surface area contributed by atoms with Crippen molar-refractivity contribution in [3.8, 4) is 0 Å². The predicted molar refractivity (Wildman–Crippen MR) is 118 cm³/mol. The first-order valence-electron chi connectivity index (χ1n) is 9.46. The molecule has 0 fully saturated rings. The van der Waals surface area contributed by atoms with E-state index in [1.807, 2.05) is 24.3 Å². The molecule has 0 aromatic heterocycles. The van der Waals surface area contributed by atoms with E-state index in [-0.39, 0.29) is 5.71 Å². The molecule has 0 amide bonds. The summed E-state index contributed by atoms with van der Waals surface area (Å²) in [6, 6.07) is 12.8. The number of benzene rings is 3. The van der Waals surface area contributed by atoms with Gasteiger partial charge in [0.15, 0.2) is 0 Å². The largest absolute Gasteiger partial charge is 0.435 e. The van der Waals surface area contributed by atoms with E-state index < -0.39 is 40.5 Å². The van der Waals surface area contributed by atoms with Crippen LogP contribution in [0.5, 0.6) is 0 Å². The van der Waals surface area contributed by atoms with Crippen LogP contribution in [-0.2, 0) is 16.6 Å². The van der Waals surface area contributed by atoms with Gasteiger partial charge in [-0.25, -0.2) is 0 Å². The molecule has 0 saturated carbocycles. The van der Waals surface area contributed by atoms with E-state index in [0.717, 1.165) is 26.9 Å². The second-order valence-electron chi connectivity index (χ2n) is 7.42. The summed E-state index contributed by atoms with van der Waals surface area (Å²) >= 11 is 9.17. The SMILES string of the molecule is FC(F)(F)c1cc(Cl)cc(C2(C(F)(F)F)CC(/C=C/c3ccc(Br)c4ccccc34)=NO2)c1. The lowest BCUT2D eigenvalue weighted by atomic mass is 9.87. The number of fused-ring (bicyclic) bond motifs is 1. The zero-order valence-corrected chi connectivity index (χ0v) is 18.8. The lowest BCUT2D eigenvalue weighted by molar-refractivity contribution is -0.276. The van der Waals surface area contributed by atoms with E-state index in [1.165, 1.54) is 6.08 Å². The third kappa shape index (κ3) is 4.48. The van der Waals surface area contributed by atoms with Gasteiger partial charge in [0.2, 0.25) is 0 Å². The summed E-state index contributed by atoms with van der Waals surface area (Å²) in [5, 5.41) is 4.82. The smallest absolute Gasteiger partial charge is 0.374 e. The Labute approximate surface area is 197 Å². The number of oxime groups is 1. The minimum Gasteiger partial charge on any atom is -0.374 e. The quantitative estimate of drug-likeness (QED) is 0.301. The lowest BCUT2D eigenvalue weighted by Gasteiger charge is -2.30. The van der Waals surface area contributed by atoms with Gasteiger partial charge in [-0.05, 0) is 46.7 Å². The maximum absolute atomic E-state index is 14.1. The molecule has 0 aliphatic carbocycles. The number of hydrogen-bond donors (Lipinski definition) is 0. The second kappa shape index (κ2) is 8.36. The summed E-state index contributed by atoms with van der Waals surface area (Å²) in [7, 11) is 0. The molecule has 1 atom stereocenters. The van der Waals surface area contributed by atoms with Gasteiger partial charge in [-0.2, -0.15) is 26.3 Å². The number of allylic oxidation sites excluding steroid dienone is 1. The Morgan fingerprint density at radius 1 is 0.939 bits per heavy atom. The van der Waals surface area contributed by atoms with Gasteiger partial charge >= 0.3 is 12.4 Å². The summed E-state index contributed by atoms with van der Waals surface area (Å²) in [5.74, 6) is 0. The van der Waals surface area contributed by atoms with Crippen molar-refractivity contribution in [3.05, 3.63) is 86.9 Å². The molecule has 1 heterocycles. The van der Waals surface area contributed by atoms with Crippen LogP contribution in [0.2, 0.25) is 5.02 Å². The van der Waals surface area contributed by atoms with Crippen LogP contribution in [0.4, 0.5) is 26.3 Å². The third-order valence-electron chi connectivity index (χ3n) is 5.26. The molecule has 3 aromatic carbocycles. The van der Waals surface area contributed by atoms with Crippen molar-refractivity contribution in [2.24, 2.45) is 5.16 Å². The number of hydrogen-bond acceptors (Lipinski definition) is 2. The van der Waals surface area contributed by atoms with Gasteiger partial charge in [0.1, 0.15) is 0 Å². The van der Waals surface area contributed by atoms with Gasteiger partial charge in [0.05, 0.1) is 11.3 Å². The molecule has 0 radical (unpaired) electrons. The normalized spacial score (nSPS) is 19.2. The summed E-state index contributed by atoms with van der Waals surface area (Å²) < 4.78 is 82.7. The molecule has 0 spiro atoms. The average Bonchev–Trinajstić information content (AvgIpc) is 3.18. The summed E-state index contributed by atoms with van der Waals surface area (Å²) in [6.07, 6.45) is -7.79. The molecule has 2 nitrogen and oxygen atoms in total. The minimum atomic E-state index is -5.05. The van der Waals surface area contributed by atoms with E-state index in [0.29, 0.717) is 12.1 Å². The van der Waals surface area contributed by atoms with Gasteiger partial charge < -0.3 is 4.84 Å². The van der Waals surface area contributed by atoms with Crippen molar-refractivity contribution >= 4 is 50.1 Å². The van der Waals surface area contributed by atoms with E-state index in [9.17, 15) is 26.3 Å². The lowest BCUT2D eigenvalue weighted by Crippen LogP contribution is -2.42. The van der Waals surface area contributed by atoms with Gasteiger partial charge in [-0.3, -0.25) is 0 Å². The highest BCUT2D eigenvalue weighted by molar-refractivity contribution is 9.10. The topological polar surface area (TPSA) is 21.6 Å². The zero-order valence-electron chi connectivity index (χ0n) is 16.4. The fourth-order valence-electron chi connectivity index (χ4n) is 3.62. The molecule has 1 unspecified atom stereocenters. The Balaban J connectivity index is 1.70. The van der Waals surface area contributed by atoms with Crippen LogP contribution >= 0.6 is 27.5 Å². The molecular formula is C23H13BrClF6NO. The van der Waals surface area contributed by atoms with Gasteiger partial charge in [-0.1, -0.05) is 69.1 Å². The molecule has 4 rings (SSSR count). The van der Waals surface area contributed by atoms with Crippen LogP contribution in [0.1, 0.15) is 23.1 Å². The minimum absolute atomic E-state index is 0.0761. The molecule has 0 bridgehead atoms. The number of rotatable bonds is 3.